The van der Waals surface area contributed by atoms with Crippen LogP contribution in [0.5, 0.6) is 0 Å². The zero-order valence-corrected chi connectivity index (χ0v) is 20.5. The lowest BCUT2D eigenvalue weighted by atomic mass is 10.2. The lowest BCUT2D eigenvalue weighted by molar-refractivity contribution is 0.0985. The van der Waals surface area contributed by atoms with Crippen LogP contribution in [-0.2, 0) is 21.3 Å². The minimum Gasteiger partial charge on any atom is -0.377 e. The van der Waals surface area contributed by atoms with Gasteiger partial charge < -0.3 is 20.3 Å². The molecule has 1 fully saturated rings. The van der Waals surface area contributed by atoms with Crippen LogP contribution in [0.2, 0.25) is 5.02 Å². The standard InChI is InChI=1S/C24H26ClN5O3S/c1-16-14-33-12-11-30(16)22-13-19(15-34(32)21-6-4-3-5-20(21)25)27-23(29-22)17-7-9-18(10-8-17)28-24(31)26-2/h3-10,13,16H,11-12,14-15H2,1-2H3,(H2,26,28,31)/t16-,34?/m0/s1. The van der Waals surface area contributed by atoms with Gasteiger partial charge in [0.25, 0.3) is 0 Å². The average molecular weight is 500 g/mol. The number of morpholine rings is 1. The number of rotatable bonds is 6. The van der Waals surface area contributed by atoms with Gasteiger partial charge in [-0.2, -0.15) is 0 Å². The molecule has 34 heavy (non-hydrogen) atoms. The molecule has 1 aliphatic heterocycles. The molecular formula is C24H26ClN5O3S. The topological polar surface area (TPSA) is 96.5 Å². The van der Waals surface area contributed by atoms with Crippen molar-refractivity contribution in [2.24, 2.45) is 0 Å². The van der Waals surface area contributed by atoms with E-state index in [0.717, 1.165) is 11.4 Å². The molecule has 1 aromatic heterocycles. The summed E-state index contributed by atoms with van der Waals surface area (Å²) in [5.41, 5.74) is 2.10. The number of amides is 2. The van der Waals surface area contributed by atoms with E-state index in [4.69, 9.17) is 26.3 Å². The van der Waals surface area contributed by atoms with E-state index in [0.29, 0.717) is 46.9 Å². The van der Waals surface area contributed by atoms with E-state index in [1.54, 1.807) is 31.3 Å². The Bertz CT molecular complexity index is 1190. The summed E-state index contributed by atoms with van der Waals surface area (Å²) in [6, 6.07) is 16.2. The van der Waals surface area contributed by atoms with Crippen molar-refractivity contribution in [1.82, 2.24) is 15.3 Å². The monoisotopic (exact) mass is 499 g/mol. The summed E-state index contributed by atoms with van der Waals surface area (Å²) >= 11 is 6.26. The number of halogens is 1. The second-order valence-electron chi connectivity index (χ2n) is 7.86. The van der Waals surface area contributed by atoms with E-state index in [9.17, 15) is 9.00 Å². The Morgan fingerprint density at radius 2 is 1.97 bits per heavy atom. The van der Waals surface area contributed by atoms with E-state index in [2.05, 4.69) is 22.5 Å². The first-order valence-electron chi connectivity index (χ1n) is 10.9. The smallest absolute Gasteiger partial charge is 0.318 e. The summed E-state index contributed by atoms with van der Waals surface area (Å²) in [6.07, 6.45) is 0. The van der Waals surface area contributed by atoms with Gasteiger partial charge in [0, 0.05) is 30.9 Å². The SMILES string of the molecule is CNC(=O)Nc1ccc(-c2nc(CS(=O)c3ccccc3Cl)cc(N3CCOC[C@@H]3C)n2)cc1. The highest BCUT2D eigenvalue weighted by Gasteiger charge is 2.22. The van der Waals surface area contributed by atoms with Gasteiger partial charge in [-0.05, 0) is 43.3 Å². The van der Waals surface area contributed by atoms with Crippen LogP contribution in [0.1, 0.15) is 12.6 Å². The Labute approximate surface area is 206 Å². The van der Waals surface area contributed by atoms with Gasteiger partial charge in [-0.3, -0.25) is 4.21 Å². The van der Waals surface area contributed by atoms with Gasteiger partial charge >= 0.3 is 6.03 Å². The van der Waals surface area contributed by atoms with E-state index >= 15 is 0 Å². The van der Waals surface area contributed by atoms with Crippen molar-refractivity contribution in [2.75, 3.05) is 37.0 Å². The summed E-state index contributed by atoms with van der Waals surface area (Å²) < 4.78 is 18.7. The fourth-order valence-electron chi connectivity index (χ4n) is 3.64. The van der Waals surface area contributed by atoms with Crippen molar-refractivity contribution >= 4 is 39.9 Å². The molecule has 2 N–H and O–H groups in total. The maximum absolute atomic E-state index is 13.1. The quantitative estimate of drug-likeness (QED) is 0.530. The molecule has 178 valence electrons. The first kappa shape index (κ1) is 24.1. The molecule has 0 bridgehead atoms. The average Bonchev–Trinajstić information content (AvgIpc) is 2.84. The molecule has 0 saturated carbocycles. The van der Waals surface area contributed by atoms with E-state index in [1.165, 1.54) is 0 Å². The number of benzene rings is 2. The fourth-order valence-corrected chi connectivity index (χ4v) is 5.12. The molecule has 2 atom stereocenters. The summed E-state index contributed by atoms with van der Waals surface area (Å²) in [5.74, 6) is 1.50. The normalized spacial score (nSPS) is 16.7. The maximum atomic E-state index is 13.1. The number of urea groups is 1. The first-order valence-corrected chi connectivity index (χ1v) is 12.6. The van der Waals surface area contributed by atoms with Crippen LogP contribution in [0, 0.1) is 0 Å². The van der Waals surface area contributed by atoms with Crippen molar-refractivity contribution in [2.45, 2.75) is 23.6 Å². The van der Waals surface area contributed by atoms with Gasteiger partial charge in [0.15, 0.2) is 5.82 Å². The van der Waals surface area contributed by atoms with Crippen molar-refractivity contribution < 1.29 is 13.7 Å². The van der Waals surface area contributed by atoms with Gasteiger partial charge in [-0.15, -0.1) is 0 Å². The molecule has 2 heterocycles. The molecule has 0 aliphatic carbocycles. The van der Waals surface area contributed by atoms with Crippen molar-refractivity contribution in [1.29, 1.82) is 0 Å². The molecule has 2 aromatic carbocycles. The lowest BCUT2D eigenvalue weighted by Crippen LogP contribution is -2.44. The number of nitrogens with zero attached hydrogens (tertiary/aromatic N) is 3. The molecule has 10 heteroatoms. The Balaban J connectivity index is 1.68. The molecule has 3 aromatic rings. The highest BCUT2D eigenvalue weighted by molar-refractivity contribution is 7.84. The highest BCUT2D eigenvalue weighted by Crippen LogP contribution is 2.26. The number of ether oxygens (including phenoxy) is 1. The number of carbonyl (C=O) groups excluding carboxylic acids is 1. The number of anilines is 2. The van der Waals surface area contributed by atoms with Crippen LogP contribution >= 0.6 is 11.6 Å². The molecular weight excluding hydrogens is 474 g/mol. The number of carbonyl (C=O) groups is 1. The van der Waals surface area contributed by atoms with Crippen LogP contribution in [0.15, 0.2) is 59.5 Å². The fraction of sp³-hybridized carbons (Fsp3) is 0.292. The largest absolute Gasteiger partial charge is 0.377 e. The third kappa shape index (κ3) is 5.72. The van der Waals surface area contributed by atoms with Crippen LogP contribution in [-0.4, -0.2) is 53.1 Å². The Hall–Kier alpha value is -3.01. The third-order valence-electron chi connectivity index (χ3n) is 5.42. The number of hydrogen-bond acceptors (Lipinski definition) is 6. The molecule has 1 unspecified atom stereocenters. The minimum absolute atomic E-state index is 0.151. The van der Waals surface area contributed by atoms with Crippen LogP contribution in [0.25, 0.3) is 11.4 Å². The van der Waals surface area contributed by atoms with E-state index in [-0.39, 0.29) is 17.8 Å². The molecule has 0 radical (unpaired) electrons. The second kappa shape index (κ2) is 10.9. The number of aromatic nitrogens is 2. The summed E-state index contributed by atoms with van der Waals surface area (Å²) in [4.78, 5) is 23.9. The summed E-state index contributed by atoms with van der Waals surface area (Å²) in [6.45, 7) is 4.02. The van der Waals surface area contributed by atoms with Gasteiger partial charge in [0.05, 0.1) is 51.4 Å². The van der Waals surface area contributed by atoms with Crippen molar-refractivity contribution in [3.63, 3.8) is 0 Å². The zero-order chi connectivity index (χ0) is 24.1. The molecule has 1 aliphatic rings. The third-order valence-corrected chi connectivity index (χ3v) is 7.26. The highest BCUT2D eigenvalue weighted by atomic mass is 35.5. The van der Waals surface area contributed by atoms with E-state index < -0.39 is 10.8 Å². The molecule has 4 rings (SSSR count). The van der Waals surface area contributed by atoms with Crippen molar-refractivity contribution in [3.05, 3.63) is 65.3 Å². The number of nitrogens with one attached hydrogen (secondary N) is 2. The minimum atomic E-state index is -1.36. The predicted octanol–water partition coefficient (Wildman–Crippen LogP) is 4.08. The Morgan fingerprint density at radius 3 is 2.68 bits per heavy atom. The molecule has 2 amide bonds. The first-order chi connectivity index (χ1) is 16.4. The summed E-state index contributed by atoms with van der Waals surface area (Å²) in [7, 11) is 0.195. The van der Waals surface area contributed by atoms with Gasteiger partial charge in [0.2, 0.25) is 0 Å². The predicted molar refractivity (Wildman–Crippen MR) is 135 cm³/mol. The Kier molecular flexibility index (Phi) is 7.77. The van der Waals surface area contributed by atoms with Crippen LogP contribution in [0.4, 0.5) is 16.3 Å². The second-order valence-corrected chi connectivity index (χ2v) is 9.69. The zero-order valence-electron chi connectivity index (χ0n) is 19.0. The maximum Gasteiger partial charge on any atom is 0.318 e. The van der Waals surface area contributed by atoms with Gasteiger partial charge in [-0.1, -0.05) is 23.7 Å². The lowest BCUT2D eigenvalue weighted by Gasteiger charge is -2.34. The van der Waals surface area contributed by atoms with E-state index in [1.807, 2.05) is 30.3 Å². The van der Waals surface area contributed by atoms with Gasteiger partial charge in [0.1, 0.15) is 5.82 Å². The van der Waals surface area contributed by atoms with Crippen LogP contribution in [0.3, 0.4) is 0 Å². The Morgan fingerprint density at radius 1 is 1.21 bits per heavy atom. The van der Waals surface area contributed by atoms with Gasteiger partial charge in [-0.25, -0.2) is 14.8 Å². The number of hydrogen-bond donors (Lipinski definition) is 2. The summed E-state index contributed by atoms with van der Waals surface area (Å²) in [5, 5.41) is 5.73. The van der Waals surface area contributed by atoms with Crippen molar-refractivity contribution in [3.8, 4) is 11.4 Å². The van der Waals surface area contributed by atoms with Crippen LogP contribution < -0.4 is 15.5 Å². The molecule has 8 nitrogen and oxygen atoms in total. The molecule has 1 saturated heterocycles. The molecule has 0 spiro atoms.